The van der Waals surface area contributed by atoms with Crippen LogP contribution >= 0.6 is 11.3 Å². The first-order chi connectivity index (χ1) is 7.81. The van der Waals surface area contributed by atoms with Gasteiger partial charge in [0.15, 0.2) is 0 Å². The predicted molar refractivity (Wildman–Crippen MR) is 67.7 cm³/mol. The van der Waals surface area contributed by atoms with E-state index in [0.717, 1.165) is 13.0 Å². The molecule has 2 heterocycles. The largest absolute Gasteiger partial charge is 0.306 e. The SMILES string of the molecule is CCCNC(c1ccsc1)c1cnn(C)c1. The second-order valence-corrected chi connectivity index (χ2v) is 4.67. The van der Waals surface area contributed by atoms with Gasteiger partial charge in [-0.1, -0.05) is 6.92 Å². The molecule has 0 aliphatic heterocycles. The molecule has 0 radical (unpaired) electrons. The molecule has 2 rings (SSSR count). The van der Waals surface area contributed by atoms with Crippen LogP contribution in [0.1, 0.15) is 30.5 Å². The average molecular weight is 235 g/mol. The van der Waals surface area contributed by atoms with Crippen LogP contribution in [0.25, 0.3) is 0 Å². The lowest BCUT2D eigenvalue weighted by Gasteiger charge is -2.15. The Morgan fingerprint density at radius 3 is 2.94 bits per heavy atom. The number of aryl methyl sites for hydroxylation is 1. The molecule has 1 unspecified atom stereocenters. The lowest BCUT2D eigenvalue weighted by molar-refractivity contribution is 0.599. The number of thiophene rings is 1. The van der Waals surface area contributed by atoms with Gasteiger partial charge in [-0.15, -0.1) is 0 Å². The van der Waals surface area contributed by atoms with E-state index in [9.17, 15) is 0 Å². The van der Waals surface area contributed by atoms with Crippen LogP contribution < -0.4 is 5.32 Å². The second-order valence-electron chi connectivity index (χ2n) is 3.89. The quantitative estimate of drug-likeness (QED) is 0.863. The molecule has 4 heteroatoms. The normalized spacial score (nSPS) is 12.9. The number of aromatic nitrogens is 2. The van der Waals surface area contributed by atoms with E-state index in [2.05, 4.69) is 40.4 Å². The van der Waals surface area contributed by atoms with Crippen molar-refractivity contribution in [2.75, 3.05) is 6.54 Å². The van der Waals surface area contributed by atoms with Crippen molar-refractivity contribution in [2.45, 2.75) is 19.4 Å². The first kappa shape index (κ1) is 11.4. The highest BCUT2D eigenvalue weighted by Gasteiger charge is 2.14. The maximum atomic E-state index is 4.24. The lowest BCUT2D eigenvalue weighted by Crippen LogP contribution is -2.22. The molecule has 2 aromatic heterocycles. The number of hydrogen-bond acceptors (Lipinski definition) is 3. The van der Waals surface area contributed by atoms with E-state index in [1.165, 1.54) is 11.1 Å². The van der Waals surface area contributed by atoms with Crippen molar-refractivity contribution in [3.05, 3.63) is 40.3 Å². The summed E-state index contributed by atoms with van der Waals surface area (Å²) in [5, 5.41) is 12.1. The molecule has 0 fully saturated rings. The van der Waals surface area contributed by atoms with Crippen LogP contribution in [0.15, 0.2) is 29.2 Å². The number of nitrogens with one attached hydrogen (secondary N) is 1. The summed E-state index contributed by atoms with van der Waals surface area (Å²) in [5.41, 5.74) is 2.56. The Morgan fingerprint density at radius 2 is 2.38 bits per heavy atom. The number of nitrogens with zero attached hydrogens (tertiary/aromatic N) is 2. The summed E-state index contributed by atoms with van der Waals surface area (Å²) in [6.45, 7) is 3.20. The molecule has 0 bridgehead atoms. The Kier molecular flexibility index (Phi) is 3.74. The molecule has 2 aromatic rings. The van der Waals surface area contributed by atoms with Crippen molar-refractivity contribution in [1.82, 2.24) is 15.1 Å². The molecular formula is C12H17N3S. The topological polar surface area (TPSA) is 29.9 Å². The molecule has 3 nitrogen and oxygen atoms in total. The van der Waals surface area contributed by atoms with E-state index in [4.69, 9.17) is 0 Å². The lowest BCUT2D eigenvalue weighted by atomic mass is 10.1. The van der Waals surface area contributed by atoms with Gasteiger partial charge in [0.05, 0.1) is 12.2 Å². The van der Waals surface area contributed by atoms with Crippen LogP contribution in [0, 0.1) is 0 Å². The molecule has 0 spiro atoms. The van der Waals surface area contributed by atoms with E-state index >= 15 is 0 Å². The van der Waals surface area contributed by atoms with Gasteiger partial charge in [0, 0.05) is 18.8 Å². The highest BCUT2D eigenvalue weighted by Crippen LogP contribution is 2.23. The Balaban J connectivity index is 2.21. The monoisotopic (exact) mass is 235 g/mol. The minimum atomic E-state index is 0.278. The highest BCUT2D eigenvalue weighted by molar-refractivity contribution is 7.08. The Bertz CT molecular complexity index is 419. The van der Waals surface area contributed by atoms with Crippen LogP contribution in [-0.2, 0) is 7.05 Å². The molecule has 86 valence electrons. The fourth-order valence-electron chi connectivity index (χ4n) is 1.75. The van der Waals surface area contributed by atoms with Gasteiger partial charge in [-0.25, -0.2) is 0 Å². The standard InChI is InChI=1S/C12H17N3S/c1-3-5-13-12(10-4-6-16-9-10)11-7-14-15(2)8-11/h4,6-9,12-13H,3,5H2,1-2H3. The maximum absolute atomic E-state index is 4.24. The summed E-state index contributed by atoms with van der Waals surface area (Å²) in [5.74, 6) is 0. The molecule has 0 amide bonds. The van der Waals surface area contributed by atoms with Crippen molar-refractivity contribution >= 4 is 11.3 Å². The van der Waals surface area contributed by atoms with Gasteiger partial charge < -0.3 is 5.32 Å². The van der Waals surface area contributed by atoms with E-state index in [1.54, 1.807) is 11.3 Å². The number of rotatable bonds is 5. The summed E-state index contributed by atoms with van der Waals surface area (Å²) in [4.78, 5) is 0. The van der Waals surface area contributed by atoms with Crippen molar-refractivity contribution in [1.29, 1.82) is 0 Å². The van der Waals surface area contributed by atoms with Crippen molar-refractivity contribution < 1.29 is 0 Å². The zero-order valence-corrected chi connectivity index (χ0v) is 10.5. The van der Waals surface area contributed by atoms with Crippen LogP contribution in [-0.4, -0.2) is 16.3 Å². The maximum Gasteiger partial charge on any atom is 0.0616 e. The first-order valence-corrected chi connectivity index (χ1v) is 6.49. The van der Waals surface area contributed by atoms with Crippen LogP contribution in [0.5, 0.6) is 0 Å². The van der Waals surface area contributed by atoms with Crippen molar-refractivity contribution in [3.63, 3.8) is 0 Å². The molecule has 0 aliphatic rings. The van der Waals surface area contributed by atoms with Crippen molar-refractivity contribution in [3.8, 4) is 0 Å². The van der Waals surface area contributed by atoms with E-state index in [1.807, 2.05) is 17.9 Å². The second kappa shape index (κ2) is 5.27. The Hall–Kier alpha value is -1.13. The zero-order valence-electron chi connectivity index (χ0n) is 9.68. The van der Waals surface area contributed by atoms with Crippen LogP contribution in [0.4, 0.5) is 0 Å². The van der Waals surface area contributed by atoms with Gasteiger partial charge in [-0.05, 0) is 35.4 Å². The van der Waals surface area contributed by atoms with Gasteiger partial charge in [0.2, 0.25) is 0 Å². The van der Waals surface area contributed by atoms with Gasteiger partial charge in [-0.2, -0.15) is 16.4 Å². The molecule has 0 saturated carbocycles. The van der Waals surface area contributed by atoms with Gasteiger partial charge in [0.25, 0.3) is 0 Å². The molecule has 1 atom stereocenters. The van der Waals surface area contributed by atoms with Crippen LogP contribution in [0.3, 0.4) is 0 Å². The molecule has 0 saturated heterocycles. The summed E-state index contributed by atoms with van der Waals surface area (Å²) in [6, 6.07) is 2.45. The summed E-state index contributed by atoms with van der Waals surface area (Å²) < 4.78 is 1.85. The van der Waals surface area contributed by atoms with Crippen LogP contribution in [0.2, 0.25) is 0 Å². The Labute approximate surface area is 100 Å². The molecular weight excluding hydrogens is 218 g/mol. The highest BCUT2D eigenvalue weighted by atomic mass is 32.1. The third-order valence-corrected chi connectivity index (χ3v) is 3.23. The summed E-state index contributed by atoms with van der Waals surface area (Å²) >= 11 is 1.74. The number of hydrogen-bond donors (Lipinski definition) is 1. The average Bonchev–Trinajstić information content (AvgIpc) is 2.91. The molecule has 0 aromatic carbocycles. The van der Waals surface area contributed by atoms with E-state index in [-0.39, 0.29) is 6.04 Å². The first-order valence-electron chi connectivity index (χ1n) is 5.55. The van der Waals surface area contributed by atoms with E-state index in [0.29, 0.717) is 0 Å². The smallest absolute Gasteiger partial charge is 0.0616 e. The summed E-state index contributed by atoms with van der Waals surface area (Å²) in [7, 11) is 1.95. The van der Waals surface area contributed by atoms with Gasteiger partial charge in [-0.3, -0.25) is 4.68 Å². The third kappa shape index (κ3) is 2.51. The minimum absolute atomic E-state index is 0.278. The predicted octanol–water partition coefficient (Wildman–Crippen LogP) is 2.57. The molecule has 1 N–H and O–H groups in total. The zero-order chi connectivity index (χ0) is 11.4. The minimum Gasteiger partial charge on any atom is -0.306 e. The van der Waals surface area contributed by atoms with Gasteiger partial charge in [0.1, 0.15) is 0 Å². The van der Waals surface area contributed by atoms with Gasteiger partial charge >= 0.3 is 0 Å². The summed E-state index contributed by atoms with van der Waals surface area (Å²) in [6.07, 6.45) is 5.15. The Morgan fingerprint density at radius 1 is 1.50 bits per heavy atom. The fraction of sp³-hybridized carbons (Fsp3) is 0.417. The molecule has 16 heavy (non-hydrogen) atoms. The van der Waals surface area contributed by atoms with E-state index < -0.39 is 0 Å². The van der Waals surface area contributed by atoms with Crippen molar-refractivity contribution in [2.24, 2.45) is 7.05 Å². The molecule has 0 aliphatic carbocycles. The third-order valence-electron chi connectivity index (χ3n) is 2.53. The fourth-order valence-corrected chi connectivity index (χ4v) is 2.43.